The van der Waals surface area contributed by atoms with Gasteiger partial charge in [-0.05, 0) is 69.5 Å². The third kappa shape index (κ3) is 4.90. The van der Waals surface area contributed by atoms with Crippen LogP contribution in [0, 0.1) is 6.92 Å². The largest absolute Gasteiger partial charge is 0.422 e. The average molecular weight is 572 g/mol. The number of aromatic nitrogens is 5. The quantitative estimate of drug-likeness (QED) is 0.276. The molecule has 2 fully saturated rings. The van der Waals surface area contributed by atoms with Crippen LogP contribution < -0.4 is 11.1 Å². The van der Waals surface area contributed by atoms with Crippen molar-refractivity contribution in [1.82, 2.24) is 34.5 Å². The molecule has 0 amide bonds. The van der Waals surface area contributed by atoms with Crippen LogP contribution in [0.1, 0.15) is 37.3 Å². The molecule has 10 nitrogen and oxygen atoms in total. The molecule has 41 heavy (non-hydrogen) atoms. The highest BCUT2D eigenvalue weighted by Crippen LogP contribution is 2.38. The smallest absolute Gasteiger partial charge is 0.300 e. The Morgan fingerprint density at radius 3 is 2.54 bits per heavy atom. The number of likely N-dealkylation sites (N-methyl/N-ethyl adjacent to an activating group) is 1. The maximum Gasteiger partial charge on any atom is 0.300 e. The van der Waals surface area contributed by atoms with Gasteiger partial charge in [0.15, 0.2) is 11.2 Å². The molecule has 0 radical (unpaired) electrons. The standard InChI is InChI=1S/C30H34ClN9O/c1-18-16-19(35-30-36-24-5-3-4-23(31)27(24)41-30)6-11-22(18)26-25-28(32)33-17-34-29(25)40(37-26)21-9-7-20(8-10-21)39-14-12-38(2)13-15-39/h3-6,11,16-17,20-21H,7-10,12-15H2,1-2H3,(H,35,36)(H2,32,33,34). The van der Waals surface area contributed by atoms with Crippen LogP contribution in [-0.4, -0.2) is 73.8 Å². The van der Waals surface area contributed by atoms with Crippen molar-refractivity contribution in [3.63, 3.8) is 0 Å². The molecular formula is C30H34ClN9O. The molecule has 4 heterocycles. The molecule has 0 atom stereocenters. The second-order valence-corrected chi connectivity index (χ2v) is 11.7. The third-order valence-corrected chi connectivity index (χ3v) is 8.98. The van der Waals surface area contributed by atoms with Gasteiger partial charge in [-0.1, -0.05) is 23.7 Å². The van der Waals surface area contributed by atoms with Crippen molar-refractivity contribution in [3.05, 3.63) is 53.3 Å². The Morgan fingerprint density at radius 2 is 1.78 bits per heavy atom. The van der Waals surface area contributed by atoms with Gasteiger partial charge in [0.1, 0.15) is 23.4 Å². The second-order valence-electron chi connectivity index (χ2n) is 11.3. The van der Waals surface area contributed by atoms with Crippen molar-refractivity contribution in [2.45, 2.75) is 44.7 Å². The number of aryl methyl sites for hydroxylation is 1. The van der Waals surface area contributed by atoms with Crippen LogP contribution in [-0.2, 0) is 0 Å². The lowest BCUT2D eigenvalue weighted by Crippen LogP contribution is -2.49. The molecule has 1 saturated heterocycles. The lowest BCUT2D eigenvalue weighted by atomic mass is 9.90. The van der Waals surface area contributed by atoms with E-state index in [9.17, 15) is 0 Å². The molecule has 3 N–H and O–H groups in total. The number of hydrogen-bond donors (Lipinski definition) is 2. The molecule has 1 aliphatic carbocycles. The molecule has 1 saturated carbocycles. The van der Waals surface area contributed by atoms with E-state index < -0.39 is 0 Å². The summed E-state index contributed by atoms with van der Waals surface area (Å²) in [6.45, 7) is 6.69. The number of piperazine rings is 1. The number of rotatable bonds is 5. The van der Waals surface area contributed by atoms with Gasteiger partial charge in [0, 0.05) is 43.5 Å². The number of benzene rings is 2. The highest BCUT2D eigenvalue weighted by molar-refractivity contribution is 6.34. The van der Waals surface area contributed by atoms with E-state index in [4.69, 9.17) is 26.9 Å². The number of hydrogen-bond acceptors (Lipinski definition) is 9. The Kier molecular flexibility index (Phi) is 6.76. The number of anilines is 3. The van der Waals surface area contributed by atoms with Gasteiger partial charge in [0.2, 0.25) is 0 Å². The first-order chi connectivity index (χ1) is 19.9. The van der Waals surface area contributed by atoms with E-state index >= 15 is 0 Å². The Hall–Kier alpha value is -3.73. The van der Waals surface area contributed by atoms with E-state index in [1.165, 1.54) is 12.8 Å². The van der Waals surface area contributed by atoms with E-state index in [1.54, 1.807) is 12.4 Å². The highest BCUT2D eigenvalue weighted by Gasteiger charge is 2.31. The summed E-state index contributed by atoms with van der Waals surface area (Å²) in [6, 6.07) is 12.9. The van der Waals surface area contributed by atoms with Gasteiger partial charge in [-0.25, -0.2) is 14.6 Å². The SMILES string of the molecule is Cc1cc(Nc2nc3cccc(Cl)c3o2)ccc1-c1nn(C2CCC(N3CCN(C)CC3)CC2)c2ncnc(N)c12. The fraction of sp³-hybridized carbons (Fsp3) is 0.400. The molecule has 1 aliphatic heterocycles. The number of nitrogens with one attached hydrogen (secondary N) is 1. The number of nitrogen functional groups attached to an aromatic ring is 1. The van der Waals surface area contributed by atoms with E-state index in [0.717, 1.165) is 72.6 Å². The zero-order chi connectivity index (χ0) is 28.1. The van der Waals surface area contributed by atoms with Gasteiger partial charge in [0.05, 0.1) is 16.5 Å². The molecular weight excluding hydrogens is 538 g/mol. The lowest BCUT2D eigenvalue weighted by Gasteiger charge is -2.41. The summed E-state index contributed by atoms with van der Waals surface area (Å²) in [5, 5.41) is 9.76. The minimum Gasteiger partial charge on any atom is -0.422 e. The van der Waals surface area contributed by atoms with Crippen LogP contribution in [0.25, 0.3) is 33.4 Å². The van der Waals surface area contributed by atoms with E-state index in [1.807, 2.05) is 18.2 Å². The average Bonchev–Trinajstić information content (AvgIpc) is 3.57. The first-order valence-corrected chi connectivity index (χ1v) is 14.7. The molecule has 0 unspecified atom stereocenters. The maximum absolute atomic E-state index is 6.44. The summed E-state index contributed by atoms with van der Waals surface area (Å²) in [4.78, 5) is 18.6. The summed E-state index contributed by atoms with van der Waals surface area (Å²) in [7, 11) is 2.21. The molecule has 5 aromatic rings. The van der Waals surface area contributed by atoms with Gasteiger partial charge in [-0.2, -0.15) is 10.1 Å². The molecule has 11 heteroatoms. The molecule has 2 aromatic carbocycles. The summed E-state index contributed by atoms with van der Waals surface area (Å²) in [5.74, 6) is 0.451. The number of fused-ring (bicyclic) bond motifs is 2. The number of para-hydroxylation sites is 1. The van der Waals surface area contributed by atoms with Gasteiger partial charge in [-0.15, -0.1) is 0 Å². The predicted molar refractivity (Wildman–Crippen MR) is 163 cm³/mol. The molecule has 0 bridgehead atoms. The predicted octanol–water partition coefficient (Wildman–Crippen LogP) is 5.65. The molecule has 3 aromatic heterocycles. The number of oxazole rings is 1. The van der Waals surface area contributed by atoms with E-state index in [-0.39, 0.29) is 6.04 Å². The van der Waals surface area contributed by atoms with Crippen LogP contribution in [0.5, 0.6) is 0 Å². The van der Waals surface area contributed by atoms with Crippen LogP contribution in [0.4, 0.5) is 17.5 Å². The van der Waals surface area contributed by atoms with Crippen molar-refractivity contribution in [3.8, 4) is 11.3 Å². The van der Waals surface area contributed by atoms with E-state index in [2.05, 4.69) is 60.9 Å². The maximum atomic E-state index is 6.44. The topological polar surface area (TPSA) is 114 Å². The third-order valence-electron chi connectivity index (χ3n) is 8.68. The van der Waals surface area contributed by atoms with Gasteiger partial charge in [-0.3, -0.25) is 4.90 Å². The Balaban J connectivity index is 1.15. The van der Waals surface area contributed by atoms with Gasteiger partial charge >= 0.3 is 0 Å². The van der Waals surface area contributed by atoms with Crippen molar-refractivity contribution in [2.24, 2.45) is 0 Å². The molecule has 2 aliphatic rings. The first kappa shape index (κ1) is 26.2. The van der Waals surface area contributed by atoms with Crippen molar-refractivity contribution in [2.75, 3.05) is 44.3 Å². The summed E-state index contributed by atoms with van der Waals surface area (Å²) >= 11 is 6.26. The molecule has 212 valence electrons. The normalized spacial score (nSPS) is 20.7. The zero-order valence-corrected chi connectivity index (χ0v) is 24.1. The fourth-order valence-corrected chi connectivity index (χ4v) is 6.60. The Morgan fingerprint density at radius 1 is 1.00 bits per heavy atom. The number of halogens is 1. The van der Waals surface area contributed by atoms with Gasteiger partial charge in [0.25, 0.3) is 6.01 Å². The monoisotopic (exact) mass is 571 g/mol. The lowest BCUT2D eigenvalue weighted by molar-refractivity contribution is 0.0815. The fourth-order valence-electron chi connectivity index (χ4n) is 6.39. The first-order valence-electron chi connectivity index (χ1n) is 14.3. The number of nitrogens with zero attached hydrogens (tertiary/aromatic N) is 7. The highest BCUT2D eigenvalue weighted by atomic mass is 35.5. The van der Waals surface area contributed by atoms with Crippen LogP contribution >= 0.6 is 11.6 Å². The van der Waals surface area contributed by atoms with Crippen LogP contribution in [0.3, 0.4) is 0 Å². The van der Waals surface area contributed by atoms with Crippen molar-refractivity contribution < 1.29 is 4.42 Å². The molecule has 7 rings (SSSR count). The molecule has 0 spiro atoms. The summed E-state index contributed by atoms with van der Waals surface area (Å²) in [6.07, 6.45) is 6.04. The summed E-state index contributed by atoms with van der Waals surface area (Å²) < 4.78 is 7.95. The number of nitrogens with two attached hydrogens (primary N) is 1. The Bertz CT molecular complexity index is 1710. The zero-order valence-electron chi connectivity index (χ0n) is 23.3. The van der Waals surface area contributed by atoms with Crippen molar-refractivity contribution >= 4 is 51.3 Å². The van der Waals surface area contributed by atoms with Crippen LogP contribution in [0.2, 0.25) is 5.02 Å². The summed E-state index contributed by atoms with van der Waals surface area (Å²) in [5.41, 5.74) is 12.2. The van der Waals surface area contributed by atoms with Gasteiger partial charge < -0.3 is 20.4 Å². The second kappa shape index (κ2) is 10.6. The Labute approximate surface area is 243 Å². The minimum absolute atomic E-state index is 0.288. The van der Waals surface area contributed by atoms with E-state index in [0.29, 0.717) is 34.0 Å². The van der Waals surface area contributed by atoms with Crippen LogP contribution in [0.15, 0.2) is 47.1 Å². The van der Waals surface area contributed by atoms with Crippen molar-refractivity contribution in [1.29, 1.82) is 0 Å². The minimum atomic E-state index is 0.288.